The number of aromatic amines is 1. The van der Waals surface area contributed by atoms with Crippen molar-refractivity contribution in [2.24, 2.45) is 0 Å². The maximum atomic E-state index is 13.9. The minimum Gasteiger partial charge on any atom is -0.340 e. The third-order valence-corrected chi connectivity index (χ3v) is 5.11. The van der Waals surface area contributed by atoms with Crippen LogP contribution in [0.3, 0.4) is 0 Å². The predicted molar refractivity (Wildman–Crippen MR) is 108 cm³/mol. The number of halogens is 2. The van der Waals surface area contributed by atoms with E-state index in [4.69, 9.17) is 0 Å². The number of rotatable bonds is 5. The Kier molecular flexibility index (Phi) is 7.39. The molecular formula is C20H27ClFN3O2. The van der Waals surface area contributed by atoms with Gasteiger partial charge in [-0.15, -0.1) is 12.4 Å². The summed E-state index contributed by atoms with van der Waals surface area (Å²) < 4.78 is 13.9. The molecule has 1 aromatic heterocycles. The Bertz CT molecular complexity index is 860. The van der Waals surface area contributed by atoms with Crippen molar-refractivity contribution in [3.8, 4) is 0 Å². The predicted octanol–water partition coefficient (Wildman–Crippen LogP) is 2.88. The number of benzene rings is 1. The summed E-state index contributed by atoms with van der Waals surface area (Å²) in [6.07, 6.45) is 1.93. The first-order valence-electron chi connectivity index (χ1n) is 9.30. The number of amides is 1. The molecular weight excluding hydrogens is 369 g/mol. The zero-order chi connectivity index (χ0) is 18.7. The lowest BCUT2D eigenvalue weighted by Gasteiger charge is -2.34. The Balaban J connectivity index is 0.00000261. The molecule has 0 atom stereocenters. The van der Waals surface area contributed by atoms with Crippen LogP contribution in [0.1, 0.15) is 31.0 Å². The fourth-order valence-electron chi connectivity index (χ4n) is 3.60. The highest BCUT2D eigenvalue weighted by Gasteiger charge is 2.20. The van der Waals surface area contributed by atoms with Gasteiger partial charge in [-0.3, -0.25) is 14.5 Å². The lowest BCUT2D eigenvalue weighted by molar-refractivity contribution is -0.132. The lowest BCUT2D eigenvalue weighted by Crippen LogP contribution is -2.48. The second kappa shape index (κ2) is 9.33. The van der Waals surface area contributed by atoms with Crippen molar-refractivity contribution in [2.45, 2.75) is 33.1 Å². The van der Waals surface area contributed by atoms with Crippen LogP contribution in [-0.4, -0.2) is 53.4 Å². The molecule has 1 aromatic carbocycles. The Hall–Kier alpha value is -1.92. The van der Waals surface area contributed by atoms with Crippen molar-refractivity contribution in [1.82, 2.24) is 14.8 Å². The van der Waals surface area contributed by atoms with Gasteiger partial charge in [-0.1, -0.05) is 13.0 Å². The smallest absolute Gasteiger partial charge is 0.259 e. The maximum absolute atomic E-state index is 13.9. The number of carbonyl (C=O) groups is 1. The van der Waals surface area contributed by atoms with Crippen molar-refractivity contribution in [3.05, 3.63) is 45.6 Å². The van der Waals surface area contributed by atoms with Gasteiger partial charge in [0.25, 0.3) is 5.56 Å². The van der Waals surface area contributed by atoms with Crippen molar-refractivity contribution in [2.75, 3.05) is 32.7 Å². The van der Waals surface area contributed by atoms with E-state index in [1.54, 1.807) is 12.1 Å². The fraction of sp³-hybridized carbons (Fsp3) is 0.500. The van der Waals surface area contributed by atoms with Crippen LogP contribution in [0.25, 0.3) is 10.8 Å². The molecule has 1 saturated heterocycles. The van der Waals surface area contributed by atoms with Gasteiger partial charge < -0.3 is 9.88 Å². The molecule has 7 heteroatoms. The van der Waals surface area contributed by atoms with E-state index in [1.165, 1.54) is 6.07 Å². The Morgan fingerprint density at radius 2 is 1.93 bits per heavy atom. The first kappa shape index (κ1) is 21.4. The van der Waals surface area contributed by atoms with E-state index in [1.807, 2.05) is 11.8 Å². The van der Waals surface area contributed by atoms with Crippen LogP contribution >= 0.6 is 12.4 Å². The van der Waals surface area contributed by atoms with Crippen LogP contribution in [0.4, 0.5) is 4.39 Å². The van der Waals surface area contributed by atoms with E-state index in [0.717, 1.165) is 44.7 Å². The average molecular weight is 396 g/mol. The number of hydrogen-bond donors (Lipinski definition) is 1. The van der Waals surface area contributed by atoms with Crippen molar-refractivity contribution in [3.63, 3.8) is 0 Å². The van der Waals surface area contributed by atoms with E-state index >= 15 is 0 Å². The maximum Gasteiger partial charge on any atom is 0.259 e. The number of fused-ring (bicyclic) bond motifs is 1. The average Bonchev–Trinajstić information content (AvgIpc) is 2.63. The summed E-state index contributed by atoms with van der Waals surface area (Å²) in [7, 11) is 0. The van der Waals surface area contributed by atoms with E-state index in [-0.39, 0.29) is 23.7 Å². The summed E-state index contributed by atoms with van der Waals surface area (Å²) in [6.45, 7) is 8.46. The van der Waals surface area contributed by atoms with Gasteiger partial charge in [-0.05, 0) is 49.4 Å². The fourth-order valence-corrected chi connectivity index (χ4v) is 3.60. The van der Waals surface area contributed by atoms with Crippen LogP contribution < -0.4 is 5.56 Å². The molecule has 0 bridgehead atoms. The number of pyridine rings is 1. The minimum absolute atomic E-state index is 0. The molecule has 0 spiro atoms. The molecule has 3 rings (SSSR count). The lowest BCUT2D eigenvalue weighted by atomic mass is 10.0. The number of nitrogens with zero attached hydrogens (tertiary/aromatic N) is 2. The van der Waals surface area contributed by atoms with Gasteiger partial charge in [0.2, 0.25) is 5.91 Å². The van der Waals surface area contributed by atoms with Crippen molar-refractivity contribution < 1.29 is 9.18 Å². The third-order valence-electron chi connectivity index (χ3n) is 5.11. The molecule has 1 amide bonds. The first-order valence-corrected chi connectivity index (χ1v) is 9.30. The van der Waals surface area contributed by atoms with E-state index in [9.17, 15) is 14.0 Å². The molecule has 27 heavy (non-hydrogen) atoms. The van der Waals surface area contributed by atoms with Gasteiger partial charge in [0.05, 0.1) is 5.39 Å². The second-order valence-corrected chi connectivity index (χ2v) is 7.00. The Labute approximate surface area is 165 Å². The largest absolute Gasteiger partial charge is 0.340 e. The number of hydrogen-bond acceptors (Lipinski definition) is 3. The quantitative estimate of drug-likeness (QED) is 0.846. The van der Waals surface area contributed by atoms with Gasteiger partial charge >= 0.3 is 0 Å². The van der Waals surface area contributed by atoms with E-state index < -0.39 is 11.4 Å². The molecule has 1 aliphatic heterocycles. The van der Waals surface area contributed by atoms with Gasteiger partial charge in [-0.2, -0.15) is 0 Å². The number of carbonyl (C=O) groups excluding carboxylic acids is 1. The van der Waals surface area contributed by atoms with E-state index in [0.29, 0.717) is 23.9 Å². The van der Waals surface area contributed by atoms with Crippen LogP contribution in [0.2, 0.25) is 0 Å². The molecule has 0 radical (unpaired) electrons. The molecule has 0 aliphatic carbocycles. The summed E-state index contributed by atoms with van der Waals surface area (Å²) in [4.78, 5) is 31.7. The number of piperazine rings is 1. The number of aromatic nitrogens is 1. The molecule has 2 heterocycles. The second-order valence-electron chi connectivity index (χ2n) is 7.00. The molecule has 2 aromatic rings. The van der Waals surface area contributed by atoms with E-state index in [2.05, 4.69) is 16.8 Å². The minimum atomic E-state index is -0.514. The summed E-state index contributed by atoms with van der Waals surface area (Å²) in [5.74, 6) is -0.405. The zero-order valence-electron chi connectivity index (χ0n) is 15.9. The Morgan fingerprint density at radius 3 is 2.59 bits per heavy atom. The molecule has 5 nitrogen and oxygen atoms in total. The Morgan fingerprint density at radius 1 is 1.22 bits per heavy atom. The zero-order valence-corrected chi connectivity index (χ0v) is 16.7. The molecule has 0 unspecified atom stereocenters. The van der Waals surface area contributed by atoms with Crippen molar-refractivity contribution >= 4 is 29.1 Å². The topological polar surface area (TPSA) is 56.4 Å². The van der Waals surface area contributed by atoms with Gasteiger partial charge in [0.15, 0.2) is 0 Å². The summed E-state index contributed by atoms with van der Waals surface area (Å²) in [6, 6.07) is 4.78. The molecule has 1 aliphatic rings. The van der Waals surface area contributed by atoms with Crippen LogP contribution in [0, 0.1) is 12.7 Å². The number of H-pyrrole nitrogens is 1. The molecule has 1 N–H and O–H groups in total. The SMILES string of the molecule is CCCN1CCN(C(=O)CCc2cc3c(C)ccc(F)c3c(=O)[nH]2)CC1.Cl. The molecule has 1 fully saturated rings. The highest BCUT2D eigenvalue weighted by Crippen LogP contribution is 2.19. The van der Waals surface area contributed by atoms with Crippen LogP contribution in [0.5, 0.6) is 0 Å². The molecule has 148 valence electrons. The highest BCUT2D eigenvalue weighted by atomic mass is 35.5. The van der Waals surface area contributed by atoms with Crippen molar-refractivity contribution in [1.29, 1.82) is 0 Å². The van der Waals surface area contributed by atoms with Crippen LogP contribution in [0.15, 0.2) is 23.0 Å². The number of nitrogens with one attached hydrogen (secondary N) is 1. The summed E-state index contributed by atoms with van der Waals surface area (Å²) in [5.41, 5.74) is 1.10. The third kappa shape index (κ3) is 4.87. The van der Waals surface area contributed by atoms with Gasteiger partial charge in [0.1, 0.15) is 5.82 Å². The highest BCUT2D eigenvalue weighted by molar-refractivity contribution is 5.86. The monoisotopic (exact) mass is 395 g/mol. The normalized spacial score (nSPS) is 15.0. The first-order chi connectivity index (χ1) is 12.5. The standard InChI is InChI=1S/C20H26FN3O2.ClH/c1-3-8-23-9-11-24(12-10-23)18(25)7-5-15-13-16-14(2)4-6-17(21)19(16)20(26)22-15;/h4,6,13H,3,5,7-12H2,1-2H3,(H,22,26);1H. The van der Waals surface area contributed by atoms with Gasteiger partial charge in [-0.25, -0.2) is 4.39 Å². The van der Waals surface area contributed by atoms with Gasteiger partial charge in [0, 0.05) is 38.3 Å². The number of aryl methyl sites for hydroxylation is 2. The molecule has 0 saturated carbocycles. The summed E-state index contributed by atoms with van der Waals surface area (Å²) in [5, 5.41) is 0.705. The van der Waals surface area contributed by atoms with Crippen LogP contribution in [-0.2, 0) is 11.2 Å². The summed E-state index contributed by atoms with van der Waals surface area (Å²) >= 11 is 0.